The molecule has 0 atom stereocenters. The Labute approximate surface area is 154 Å². The smallest absolute Gasteiger partial charge is 0.0928 e. The van der Waals surface area contributed by atoms with Crippen LogP contribution in [0.4, 0.5) is 4.39 Å². The first-order chi connectivity index (χ1) is 12.3. The van der Waals surface area contributed by atoms with Crippen molar-refractivity contribution in [1.29, 1.82) is 5.26 Å². The van der Waals surface area contributed by atoms with Crippen LogP contribution in [-0.2, 0) is 0 Å². The van der Waals surface area contributed by atoms with Crippen molar-refractivity contribution in [2.45, 2.75) is 83.5 Å². The Bertz CT molecular complexity index is 441. The van der Waals surface area contributed by atoms with Crippen LogP contribution in [0.25, 0.3) is 0 Å². The summed E-state index contributed by atoms with van der Waals surface area (Å²) in [7, 11) is 0. The van der Waals surface area contributed by atoms with Crippen molar-refractivity contribution >= 4 is 0 Å². The van der Waals surface area contributed by atoms with Gasteiger partial charge in [-0.25, -0.2) is 0 Å². The average Bonchev–Trinajstić information content (AvgIpc) is 2.69. The number of nitriles is 1. The molecule has 0 aliphatic heterocycles. The normalized spacial score (nSPS) is 40.0. The molecule has 0 bridgehead atoms. The zero-order valence-corrected chi connectivity index (χ0v) is 15.8. The van der Waals surface area contributed by atoms with E-state index in [0.29, 0.717) is 12.3 Å². The van der Waals surface area contributed by atoms with Gasteiger partial charge in [0.25, 0.3) is 0 Å². The van der Waals surface area contributed by atoms with Crippen LogP contribution in [0.3, 0.4) is 0 Å². The lowest BCUT2D eigenvalue weighted by molar-refractivity contribution is 0.113. The predicted molar refractivity (Wildman–Crippen MR) is 102 cm³/mol. The quantitative estimate of drug-likeness (QED) is 0.500. The first-order valence-electron chi connectivity index (χ1n) is 10.9. The molecule has 0 aromatic heterocycles. The van der Waals surface area contributed by atoms with E-state index in [1.807, 2.05) is 0 Å². The van der Waals surface area contributed by atoms with Crippen molar-refractivity contribution in [3.05, 3.63) is 12.2 Å². The zero-order chi connectivity index (χ0) is 17.5. The van der Waals surface area contributed by atoms with E-state index >= 15 is 0 Å². The molecule has 25 heavy (non-hydrogen) atoms. The van der Waals surface area contributed by atoms with E-state index in [0.717, 1.165) is 42.4 Å². The summed E-state index contributed by atoms with van der Waals surface area (Å²) in [6.07, 6.45) is 21.1. The summed E-state index contributed by atoms with van der Waals surface area (Å²) >= 11 is 0. The molecule has 3 saturated carbocycles. The van der Waals surface area contributed by atoms with Crippen molar-refractivity contribution in [2.75, 3.05) is 6.67 Å². The van der Waals surface area contributed by atoms with Gasteiger partial charge in [0.1, 0.15) is 0 Å². The van der Waals surface area contributed by atoms with Crippen LogP contribution in [0.1, 0.15) is 83.5 Å². The van der Waals surface area contributed by atoms with Gasteiger partial charge < -0.3 is 0 Å². The molecule has 2 heteroatoms. The third kappa shape index (κ3) is 5.32. The molecule has 3 rings (SSSR count). The number of hydrogen-bond donors (Lipinski definition) is 0. The molecule has 0 N–H and O–H groups in total. The molecule has 140 valence electrons. The highest BCUT2D eigenvalue weighted by Crippen LogP contribution is 2.45. The van der Waals surface area contributed by atoms with E-state index in [2.05, 4.69) is 18.2 Å². The van der Waals surface area contributed by atoms with Gasteiger partial charge >= 0.3 is 0 Å². The van der Waals surface area contributed by atoms with Crippen LogP contribution < -0.4 is 0 Å². The van der Waals surface area contributed by atoms with Gasteiger partial charge in [0.15, 0.2) is 0 Å². The van der Waals surface area contributed by atoms with E-state index in [9.17, 15) is 4.39 Å². The summed E-state index contributed by atoms with van der Waals surface area (Å²) in [6, 6.07) is 2.47. The fraction of sp³-hybridized carbons (Fsp3) is 0.870. The minimum atomic E-state index is -0.215. The average molecular weight is 346 g/mol. The van der Waals surface area contributed by atoms with Gasteiger partial charge in [0.05, 0.1) is 12.7 Å². The number of allylic oxidation sites excluding steroid dienone is 2. The Morgan fingerprint density at radius 2 is 1.16 bits per heavy atom. The number of rotatable bonds is 5. The molecule has 0 spiro atoms. The van der Waals surface area contributed by atoms with Gasteiger partial charge in [-0.05, 0) is 113 Å². The van der Waals surface area contributed by atoms with Crippen LogP contribution in [0.2, 0.25) is 0 Å². The Balaban J connectivity index is 1.36. The second-order valence-corrected chi connectivity index (χ2v) is 9.00. The molecular formula is C23H36FN. The highest BCUT2D eigenvalue weighted by Gasteiger charge is 2.34. The lowest BCUT2D eigenvalue weighted by atomic mass is 9.65. The maximum atomic E-state index is 12.2. The molecule has 0 radical (unpaired) electrons. The summed E-state index contributed by atoms with van der Waals surface area (Å²) in [5, 5.41) is 9.07. The van der Waals surface area contributed by atoms with Gasteiger partial charge in [0, 0.05) is 5.92 Å². The van der Waals surface area contributed by atoms with E-state index < -0.39 is 0 Å². The first kappa shape index (κ1) is 18.9. The number of nitrogens with zero attached hydrogens (tertiary/aromatic N) is 1. The van der Waals surface area contributed by atoms with Gasteiger partial charge in [-0.15, -0.1) is 0 Å². The van der Waals surface area contributed by atoms with Gasteiger partial charge in [-0.2, -0.15) is 5.26 Å². The molecule has 0 amide bonds. The Kier molecular flexibility index (Phi) is 7.38. The topological polar surface area (TPSA) is 23.8 Å². The fourth-order valence-corrected chi connectivity index (χ4v) is 5.97. The molecule has 0 unspecified atom stereocenters. The predicted octanol–water partition coefficient (Wildman–Crippen LogP) is 6.84. The van der Waals surface area contributed by atoms with Crippen molar-refractivity contribution in [3.8, 4) is 6.07 Å². The lowest BCUT2D eigenvalue weighted by Crippen LogP contribution is -2.29. The summed E-state index contributed by atoms with van der Waals surface area (Å²) in [5.41, 5.74) is 0. The standard InChI is InChI=1S/C23H36FN/c24-16-2-1-3-18-4-8-20(9-5-18)22-12-14-23(15-13-22)21-10-6-19(17-25)7-11-21/h1,3,18-23H,2,4-16H2/t18-,19-,20-,21-,22-,23-. The molecule has 3 fully saturated rings. The van der Waals surface area contributed by atoms with E-state index in [4.69, 9.17) is 5.26 Å². The van der Waals surface area contributed by atoms with Crippen molar-refractivity contribution in [3.63, 3.8) is 0 Å². The molecule has 0 aromatic carbocycles. The van der Waals surface area contributed by atoms with Crippen LogP contribution in [0.15, 0.2) is 12.2 Å². The lowest BCUT2D eigenvalue weighted by Gasteiger charge is -2.40. The molecule has 0 heterocycles. The SMILES string of the molecule is N#C[C@H]1CC[C@H]([C@H]2CC[C@H]([C@H]3CC[C@H](C=CCCF)CC3)CC2)CC1. The van der Waals surface area contributed by atoms with Crippen LogP contribution in [0, 0.1) is 46.8 Å². The van der Waals surface area contributed by atoms with Crippen LogP contribution >= 0.6 is 0 Å². The Morgan fingerprint density at radius 3 is 1.60 bits per heavy atom. The molecule has 0 aromatic rings. The minimum Gasteiger partial charge on any atom is -0.251 e. The van der Waals surface area contributed by atoms with Gasteiger partial charge in [-0.3, -0.25) is 4.39 Å². The molecule has 0 saturated heterocycles. The van der Waals surface area contributed by atoms with Crippen molar-refractivity contribution in [2.24, 2.45) is 35.5 Å². The molecule has 3 aliphatic carbocycles. The molecule has 3 aliphatic rings. The first-order valence-corrected chi connectivity index (χ1v) is 10.9. The second-order valence-electron chi connectivity index (χ2n) is 9.00. The van der Waals surface area contributed by atoms with E-state index in [1.165, 1.54) is 64.2 Å². The van der Waals surface area contributed by atoms with E-state index in [1.54, 1.807) is 0 Å². The number of hydrogen-bond acceptors (Lipinski definition) is 1. The minimum absolute atomic E-state index is 0.215. The molecular weight excluding hydrogens is 309 g/mol. The third-order valence-electron chi connectivity index (χ3n) is 7.60. The van der Waals surface area contributed by atoms with Crippen LogP contribution in [-0.4, -0.2) is 6.67 Å². The summed E-state index contributed by atoms with van der Waals surface area (Å²) in [5.74, 6) is 4.87. The monoisotopic (exact) mass is 345 g/mol. The van der Waals surface area contributed by atoms with Gasteiger partial charge in [-0.1, -0.05) is 12.2 Å². The third-order valence-corrected chi connectivity index (χ3v) is 7.60. The largest absolute Gasteiger partial charge is 0.251 e. The molecule has 1 nitrogen and oxygen atoms in total. The van der Waals surface area contributed by atoms with Crippen molar-refractivity contribution in [1.82, 2.24) is 0 Å². The maximum Gasteiger partial charge on any atom is 0.0928 e. The summed E-state index contributed by atoms with van der Waals surface area (Å²) in [6.45, 7) is -0.215. The maximum absolute atomic E-state index is 12.2. The van der Waals surface area contributed by atoms with Crippen LogP contribution in [0.5, 0.6) is 0 Å². The highest BCUT2D eigenvalue weighted by molar-refractivity contribution is 4.93. The fourth-order valence-electron chi connectivity index (χ4n) is 5.97. The number of alkyl halides is 1. The second kappa shape index (κ2) is 9.75. The highest BCUT2D eigenvalue weighted by atomic mass is 19.1. The Hall–Kier alpha value is -0.840. The Morgan fingerprint density at radius 1 is 0.720 bits per heavy atom. The summed E-state index contributed by atoms with van der Waals surface area (Å²) in [4.78, 5) is 0. The summed E-state index contributed by atoms with van der Waals surface area (Å²) < 4.78 is 12.2. The number of halogens is 1. The van der Waals surface area contributed by atoms with Gasteiger partial charge in [0.2, 0.25) is 0 Å². The van der Waals surface area contributed by atoms with Crippen molar-refractivity contribution < 1.29 is 4.39 Å². The van der Waals surface area contributed by atoms with E-state index in [-0.39, 0.29) is 6.67 Å². The zero-order valence-electron chi connectivity index (χ0n) is 15.8.